The van der Waals surface area contributed by atoms with Crippen LogP contribution in [-0.4, -0.2) is 15.5 Å². The molecule has 0 atom stereocenters. The van der Waals surface area contributed by atoms with Gasteiger partial charge in [-0.15, -0.1) is 0 Å². The van der Waals surface area contributed by atoms with Crippen LogP contribution in [-0.2, 0) is 0 Å². The molecular formula is C5H17BN. The van der Waals surface area contributed by atoms with Gasteiger partial charge in [-0.1, -0.05) is 27.7 Å². The van der Waals surface area contributed by atoms with E-state index in [0.29, 0.717) is 0 Å². The summed E-state index contributed by atoms with van der Waals surface area (Å²) in [4.78, 5) is 0. The van der Waals surface area contributed by atoms with Crippen LogP contribution in [0.3, 0.4) is 0 Å². The van der Waals surface area contributed by atoms with Gasteiger partial charge in [0, 0.05) is 8.41 Å². The van der Waals surface area contributed by atoms with Crippen molar-refractivity contribution in [1.29, 1.82) is 0 Å². The van der Waals surface area contributed by atoms with Crippen LogP contribution in [0, 0.1) is 0 Å². The van der Waals surface area contributed by atoms with E-state index in [4.69, 9.17) is 0 Å². The number of hydrogen-bond acceptors (Lipinski definition) is 1. The van der Waals surface area contributed by atoms with Crippen molar-refractivity contribution in [2.24, 2.45) is 5.73 Å². The minimum absolute atomic E-state index is 0. The van der Waals surface area contributed by atoms with Gasteiger partial charge < -0.3 is 5.73 Å². The molecule has 0 spiro atoms. The molecule has 0 aromatic rings. The van der Waals surface area contributed by atoms with Crippen LogP contribution >= 0.6 is 0 Å². The van der Waals surface area contributed by atoms with Gasteiger partial charge >= 0.3 is 0 Å². The lowest BCUT2D eigenvalue weighted by atomic mass is 10.8. The predicted octanol–water partition coefficient (Wildman–Crippen LogP) is 1.25. The van der Waals surface area contributed by atoms with E-state index in [2.05, 4.69) is 5.73 Å². The van der Waals surface area contributed by atoms with E-state index >= 15 is 0 Å². The van der Waals surface area contributed by atoms with Crippen LogP contribution in [0.5, 0.6) is 0 Å². The molecule has 0 aliphatic carbocycles. The fourth-order valence-electron chi connectivity index (χ4n) is 0. The fourth-order valence-corrected chi connectivity index (χ4v) is 0. The Bertz CT molecular complexity index is 8.04. The Morgan fingerprint density at radius 3 is 0.714 bits per heavy atom. The van der Waals surface area contributed by atoms with Gasteiger partial charge in [-0.2, -0.15) is 0 Å². The first-order valence-electron chi connectivity index (χ1n) is 2.58. The fraction of sp³-hybridized carbons (Fsp3) is 1.00. The molecule has 0 unspecified atom stereocenters. The van der Waals surface area contributed by atoms with Crippen LogP contribution in [0.15, 0.2) is 0 Å². The molecule has 2 N–H and O–H groups in total. The Morgan fingerprint density at radius 1 is 0.714 bits per heavy atom. The summed E-state index contributed by atoms with van der Waals surface area (Å²) >= 11 is 0. The molecule has 0 aliphatic heterocycles. The molecule has 1 nitrogen and oxygen atoms in total. The molecule has 0 heterocycles. The molecule has 0 rings (SSSR count). The van der Waals surface area contributed by atoms with Gasteiger partial charge in [-0.25, -0.2) is 0 Å². The normalized spacial score (nSPS) is 2.57. The molecule has 0 aromatic carbocycles. The maximum atomic E-state index is 4.50. The zero-order chi connectivity index (χ0) is 6.00. The maximum absolute atomic E-state index is 4.50. The largest absolute Gasteiger partial charge is 0.333 e. The molecule has 0 aliphatic rings. The summed E-state index contributed by atoms with van der Waals surface area (Å²) in [7, 11) is 1.50. The summed E-state index contributed by atoms with van der Waals surface area (Å²) in [5.74, 6) is 0. The topological polar surface area (TPSA) is 26.0 Å². The van der Waals surface area contributed by atoms with Crippen molar-refractivity contribution in [1.82, 2.24) is 0 Å². The minimum atomic E-state index is 0. The van der Waals surface area contributed by atoms with Crippen molar-refractivity contribution >= 4 is 8.41 Å². The van der Waals surface area contributed by atoms with E-state index in [1.165, 1.54) is 7.05 Å². The van der Waals surface area contributed by atoms with Gasteiger partial charge in [0.25, 0.3) is 0 Å². The second-order valence-electron chi connectivity index (χ2n) is 0. The average molecular weight is 102 g/mol. The van der Waals surface area contributed by atoms with E-state index in [0.717, 1.165) is 0 Å². The second-order valence-corrected chi connectivity index (χ2v) is 0. The molecule has 7 heavy (non-hydrogen) atoms. The summed E-state index contributed by atoms with van der Waals surface area (Å²) in [6.07, 6.45) is 0. The predicted molar refractivity (Wildman–Crippen MR) is 38.6 cm³/mol. The first-order valence-corrected chi connectivity index (χ1v) is 2.58. The van der Waals surface area contributed by atoms with Crippen molar-refractivity contribution in [3.63, 3.8) is 0 Å². The number of hydrogen-bond donors (Lipinski definition) is 1. The second kappa shape index (κ2) is 245000. The third-order valence-corrected chi connectivity index (χ3v) is 0. The summed E-state index contributed by atoms with van der Waals surface area (Å²) < 4.78 is 0. The standard InChI is InChI=1S/2C2H6.CH5N.B/c3*1-2;/h2*1-2H3;2H2,1H3;. The van der Waals surface area contributed by atoms with E-state index in [9.17, 15) is 0 Å². The smallest absolute Gasteiger partial charge is 0 e. The molecule has 2 heteroatoms. The molecule has 0 fully saturated rings. The molecule has 0 amide bonds. The van der Waals surface area contributed by atoms with E-state index in [1.807, 2.05) is 27.7 Å². The highest BCUT2D eigenvalue weighted by Crippen LogP contribution is 1.15. The Morgan fingerprint density at radius 2 is 0.714 bits per heavy atom. The first-order chi connectivity index (χ1) is 3.00. The van der Waals surface area contributed by atoms with Crippen LogP contribution in [0.2, 0.25) is 0 Å². The molecule has 45 valence electrons. The molecule has 0 saturated heterocycles. The highest BCUT2D eigenvalue weighted by molar-refractivity contribution is 5.75. The Hall–Kier alpha value is 0.0249. The van der Waals surface area contributed by atoms with E-state index in [-0.39, 0.29) is 8.41 Å². The molecule has 0 saturated carbocycles. The van der Waals surface area contributed by atoms with Gasteiger partial charge in [0.15, 0.2) is 0 Å². The lowest BCUT2D eigenvalue weighted by Crippen LogP contribution is -1.69. The zero-order valence-electron chi connectivity index (χ0n) is 6.15. The monoisotopic (exact) mass is 102 g/mol. The Kier molecular flexibility index (Phi) is 974000. The quantitative estimate of drug-likeness (QED) is 0.457. The summed E-state index contributed by atoms with van der Waals surface area (Å²) in [6, 6.07) is 0. The van der Waals surface area contributed by atoms with Gasteiger partial charge in [-0.05, 0) is 7.05 Å². The Labute approximate surface area is 49.9 Å². The molecule has 0 aromatic heterocycles. The lowest BCUT2D eigenvalue weighted by Gasteiger charge is -1.19. The third-order valence-electron chi connectivity index (χ3n) is 0. The van der Waals surface area contributed by atoms with Crippen LogP contribution < -0.4 is 5.73 Å². The van der Waals surface area contributed by atoms with Gasteiger partial charge in [0.05, 0.1) is 0 Å². The van der Waals surface area contributed by atoms with Crippen molar-refractivity contribution < 1.29 is 0 Å². The van der Waals surface area contributed by atoms with Crippen LogP contribution in [0.1, 0.15) is 27.7 Å². The van der Waals surface area contributed by atoms with Crippen LogP contribution in [0.25, 0.3) is 0 Å². The third kappa shape index (κ3) is 157000. The Balaban J connectivity index is -0.00000000900. The SMILES string of the molecule is CC.CC.CN.[B]. The van der Waals surface area contributed by atoms with Crippen LogP contribution in [0.4, 0.5) is 0 Å². The lowest BCUT2D eigenvalue weighted by molar-refractivity contribution is 1.48. The highest BCUT2D eigenvalue weighted by atomic mass is 14.4. The van der Waals surface area contributed by atoms with Gasteiger partial charge in [0.1, 0.15) is 0 Å². The summed E-state index contributed by atoms with van der Waals surface area (Å²) in [5.41, 5.74) is 4.50. The molecule has 0 bridgehead atoms. The number of nitrogens with two attached hydrogens (primary N) is 1. The zero-order valence-corrected chi connectivity index (χ0v) is 6.15. The summed E-state index contributed by atoms with van der Waals surface area (Å²) in [6.45, 7) is 8.00. The number of rotatable bonds is 0. The average Bonchev–Trinajstić information content (AvgIpc) is 1.81. The van der Waals surface area contributed by atoms with Crippen molar-refractivity contribution in [2.75, 3.05) is 7.05 Å². The maximum Gasteiger partial charge on any atom is 0 e. The van der Waals surface area contributed by atoms with Crippen molar-refractivity contribution in [2.45, 2.75) is 27.7 Å². The molecule has 3 radical (unpaired) electrons. The van der Waals surface area contributed by atoms with E-state index in [1.54, 1.807) is 0 Å². The minimum Gasteiger partial charge on any atom is -0.333 e. The van der Waals surface area contributed by atoms with Crippen molar-refractivity contribution in [3.05, 3.63) is 0 Å². The van der Waals surface area contributed by atoms with Crippen molar-refractivity contribution in [3.8, 4) is 0 Å². The first kappa shape index (κ1) is 27.9. The summed E-state index contributed by atoms with van der Waals surface area (Å²) in [5, 5.41) is 0. The van der Waals surface area contributed by atoms with Gasteiger partial charge in [0.2, 0.25) is 0 Å². The highest BCUT2D eigenvalue weighted by Gasteiger charge is 0.934. The molecular weight excluding hydrogens is 84.9 g/mol. The van der Waals surface area contributed by atoms with E-state index < -0.39 is 0 Å². The van der Waals surface area contributed by atoms with Gasteiger partial charge in [-0.3, -0.25) is 0 Å².